The van der Waals surface area contributed by atoms with E-state index in [2.05, 4.69) is 5.32 Å². The fourth-order valence-electron chi connectivity index (χ4n) is 2.94. The lowest BCUT2D eigenvalue weighted by Crippen LogP contribution is -2.45. The van der Waals surface area contributed by atoms with Gasteiger partial charge < -0.3 is 5.32 Å². The molecule has 1 aromatic carbocycles. The lowest BCUT2D eigenvalue weighted by Gasteiger charge is -2.32. The highest BCUT2D eigenvalue weighted by molar-refractivity contribution is 7.88. The lowest BCUT2D eigenvalue weighted by molar-refractivity contribution is 0.287. The van der Waals surface area contributed by atoms with Crippen molar-refractivity contribution in [2.45, 2.75) is 37.5 Å². The van der Waals surface area contributed by atoms with Crippen LogP contribution in [-0.2, 0) is 15.8 Å². The summed E-state index contributed by atoms with van der Waals surface area (Å²) >= 11 is 12.2. The van der Waals surface area contributed by atoms with Crippen molar-refractivity contribution in [1.82, 2.24) is 9.62 Å². The summed E-state index contributed by atoms with van der Waals surface area (Å²) < 4.78 is 26.8. The Bertz CT molecular complexity index is 634. The van der Waals surface area contributed by atoms with E-state index in [-0.39, 0.29) is 5.75 Å². The zero-order valence-electron chi connectivity index (χ0n) is 13.0. The third-order valence-corrected chi connectivity index (χ3v) is 7.14. The van der Waals surface area contributed by atoms with Crippen LogP contribution in [0.3, 0.4) is 0 Å². The van der Waals surface area contributed by atoms with Gasteiger partial charge in [-0.3, -0.25) is 0 Å². The molecule has 0 aromatic heterocycles. The Labute approximate surface area is 148 Å². The molecule has 0 spiro atoms. The number of nitrogens with zero attached hydrogens (tertiary/aromatic N) is 1. The molecule has 2 aliphatic rings. The maximum Gasteiger partial charge on any atom is 0.218 e. The number of sulfonamides is 1. The Morgan fingerprint density at radius 2 is 1.70 bits per heavy atom. The highest BCUT2D eigenvalue weighted by Crippen LogP contribution is 2.29. The summed E-state index contributed by atoms with van der Waals surface area (Å²) in [5, 5.41) is 4.37. The molecular formula is C16H22Cl2N2O2S. The molecule has 4 nitrogen and oxygen atoms in total. The fraction of sp³-hybridized carbons (Fsp3) is 0.625. The molecule has 1 saturated carbocycles. The van der Waals surface area contributed by atoms with Crippen molar-refractivity contribution < 1.29 is 8.42 Å². The number of hydrogen-bond donors (Lipinski definition) is 1. The maximum atomic E-state index is 12.6. The molecule has 23 heavy (non-hydrogen) atoms. The van der Waals surface area contributed by atoms with Gasteiger partial charge in [0.15, 0.2) is 0 Å². The van der Waals surface area contributed by atoms with E-state index in [4.69, 9.17) is 23.2 Å². The van der Waals surface area contributed by atoms with E-state index in [0.717, 1.165) is 25.3 Å². The van der Waals surface area contributed by atoms with Crippen molar-refractivity contribution in [2.75, 3.05) is 19.6 Å². The third-order valence-electron chi connectivity index (χ3n) is 4.63. The molecule has 0 radical (unpaired) electrons. The molecule has 3 rings (SSSR count). The van der Waals surface area contributed by atoms with Crippen LogP contribution in [-0.4, -0.2) is 38.4 Å². The lowest BCUT2D eigenvalue weighted by atomic mass is 10.1. The van der Waals surface area contributed by atoms with Crippen LogP contribution in [0.15, 0.2) is 18.2 Å². The molecule has 2 fully saturated rings. The minimum absolute atomic E-state index is 0.133. The van der Waals surface area contributed by atoms with Crippen LogP contribution in [0.5, 0.6) is 0 Å². The van der Waals surface area contributed by atoms with Gasteiger partial charge in [0.25, 0.3) is 0 Å². The number of nitrogens with one attached hydrogen (secondary N) is 1. The first-order chi connectivity index (χ1) is 11.0. The SMILES string of the molecule is O=S(=O)(Cc1c(Cl)cccc1Cl)N1CCC(NCC2CC2)CC1. The van der Waals surface area contributed by atoms with Crippen molar-refractivity contribution in [1.29, 1.82) is 0 Å². The molecule has 7 heteroatoms. The third kappa shape index (κ3) is 4.60. The quantitative estimate of drug-likeness (QED) is 0.828. The largest absolute Gasteiger partial charge is 0.314 e. The monoisotopic (exact) mass is 376 g/mol. The number of halogens is 2. The standard InChI is InChI=1S/C16H22Cl2N2O2S/c17-15-2-1-3-16(18)14(15)11-23(21,22)20-8-6-13(7-9-20)19-10-12-4-5-12/h1-3,12-13,19H,4-11H2. The second-order valence-corrected chi connectivity index (χ2v) is 9.26. The van der Waals surface area contributed by atoms with E-state index in [1.807, 2.05) is 0 Å². The Morgan fingerprint density at radius 3 is 2.26 bits per heavy atom. The van der Waals surface area contributed by atoms with E-state index >= 15 is 0 Å². The van der Waals surface area contributed by atoms with Gasteiger partial charge in [0.2, 0.25) is 10.0 Å². The molecule has 0 unspecified atom stereocenters. The van der Waals surface area contributed by atoms with E-state index in [1.54, 1.807) is 22.5 Å². The van der Waals surface area contributed by atoms with Crippen LogP contribution in [0.2, 0.25) is 10.0 Å². The first kappa shape index (κ1) is 17.5. The molecule has 0 amide bonds. The number of benzene rings is 1. The van der Waals surface area contributed by atoms with E-state index < -0.39 is 10.0 Å². The molecule has 0 bridgehead atoms. The Balaban J connectivity index is 1.57. The van der Waals surface area contributed by atoms with Gasteiger partial charge in [-0.05, 0) is 50.3 Å². The normalized spacial score (nSPS) is 20.8. The molecule has 1 heterocycles. The zero-order valence-corrected chi connectivity index (χ0v) is 15.3. The van der Waals surface area contributed by atoms with Crippen LogP contribution in [0.25, 0.3) is 0 Å². The van der Waals surface area contributed by atoms with Gasteiger partial charge in [0.05, 0.1) is 5.75 Å². The van der Waals surface area contributed by atoms with Crippen molar-refractivity contribution in [2.24, 2.45) is 5.92 Å². The molecule has 1 aliphatic carbocycles. The van der Waals surface area contributed by atoms with Crippen molar-refractivity contribution >= 4 is 33.2 Å². The van der Waals surface area contributed by atoms with Gasteiger partial charge in [-0.1, -0.05) is 29.3 Å². The summed E-state index contributed by atoms with van der Waals surface area (Å²) in [6, 6.07) is 5.50. The van der Waals surface area contributed by atoms with Gasteiger partial charge in [-0.25, -0.2) is 12.7 Å². The van der Waals surface area contributed by atoms with Gasteiger partial charge in [-0.15, -0.1) is 0 Å². The molecule has 128 valence electrons. The van der Waals surface area contributed by atoms with Gasteiger partial charge >= 0.3 is 0 Å². The first-order valence-electron chi connectivity index (χ1n) is 8.10. The second kappa shape index (κ2) is 7.28. The average molecular weight is 377 g/mol. The van der Waals surface area contributed by atoms with Gasteiger partial charge in [0.1, 0.15) is 0 Å². The van der Waals surface area contributed by atoms with E-state index in [9.17, 15) is 8.42 Å². The highest BCUT2D eigenvalue weighted by atomic mass is 35.5. The van der Waals surface area contributed by atoms with Crippen LogP contribution in [0.1, 0.15) is 31.2 Å². The molecule has 1 aromatic rings. The number of rotatable bonds is 6. The predicted octanol–water partition coefficient (Wildman–Crippen LogP) is 3.29. The van der Waals surface area contributed by atoms with Crippen LogP contribution < -0.4 is 5.32 Å². The topological polar surface area (TPSA) is 49.4 Å². The number of piperidine rings is 1. The van der Waals surface area contributed by atoms with Crippen molar-refractivity contribution in [3.05, 3.63) is 33.8 Å². The van der Waals surface area contributed by atoms with Crippen molar-refractivity contribution in [3.63, 3.8) is 0 Å². The predicted molar refractivity (Wildman–Crippen MR) is 94.4 cm³/mol. The molecular weight excluding hydrogens is 355 g/mol. The number of hydrogen-bond acceptors (Lipinski definition) is 3. The van der Waals surface area contributed by atoms with Gasteiger partial charge in [-0.2, -0.15) is 0 Å². The Morgan fingerprint density at radius 1 is 1.09 bits per heavy atom. The van der Waals surface area contributed by atoms with E-state index in [1.165, 1.54) is 12.8 Å². The summed E-state index contributed by atoms with van der Waals surface area (Å²) in [5.74, 6) is 0.713. The second-order valence-electron chi connectivity index (χ2n) is 6.48. The van der Waals surface area contributed by atoms with Crippen molar-refractivity contribution in [3.8, 4) is 0 Å². The van der Waals surface area contributed by atoms with Crippen LogP contribution >= 0.6 is 23.2 Å². The molecule has 1 saturated heterocycles. The molecule has 0 atom stereocenters. The summed E-state index contributed by atoms with van der Waals surface area (Å²) in [7, 11) is -3.39. The Hall–Kier alpha value is -0.330. The minimum atomic E-state index is -3.39. The smallest absolute Gasteiger partial charge is 0.218 e. The molecule has 1 N–H and O–H groups in total. The minimum Gasteiger partial charge on any atom is -0.314 e. The summed E-state index contributed by atoms with van der Waals surface area (Å²) in [5.41, 5.74) is 0.491. The highest BCUT2D eigenvalue weighted by Gasteiger charge is 2.30. The Kier molecular flexibility index (Phi) is 5.53. The van der Waals surface area contributed by atoms with Gasteiger partial charge in [0, 0.05) is 34.7 Å². The summed E-state index contributed by atoms with van der Waals surface area (Å²) in [6.45, 7) is 2.20. The maximum absolute atomic E-state index is 12.6. The first-order valence-corrected chi connectivity index (χ1v) is 10.5. The summed E-state index contributed by atoms with van der Waals surface area (Å²) in [4.78, 5) is 0. The average Bonchev–Trinajstić information content (AvgIpc) is 3.34. The van der Waals surface area contributed by atoms with Crippen LogP contribution in [0.4, 0.5) is 0 Å². The molecule has 1 aliphatic heterocycles. The zero-order chi connectivity index (χ0) is 16.4. The van der Waals surface area contributed by atoms with E-state index in [0.29, 0.717) is 34.7 Å². The summed E-state index contributed by atoms with van der Waals surface area (Å²) in [6.07, 6.45) is 4.39. The fourth-order valence-corrected chi connectivity index (χ4v) is 5.25. The van der Waals surface area contributed by atoms with Crippen LogP contribution in [0, 0.1) is 5.92 Å².